The first-order valence-corrected chi connectivity index (χ1v) is 7.66. The summed E-state index contributed by atoms with van der Waals surface area (Å²) in [6.07, 6.45) is 3.40. The molecule has 0 spiro atoms. The van der Waals surface area contributed by atoms with Gasteiger partial charge >= 0.3 is 0 Å². The molecular formula is C18H24N4O2. The van der Waals surface area contributed by atoms with Crippen molar-refractivity contribution in [3.8, 4) is 11.5 Å². The van der Waals surface area contributed by atoms with Crippen molar-refractivity contribution in [2.75, 3.05) is 12.0 Å². The Balaban J connectivity index is 2.50. The average molecular weight is 328 g/mol. The second-order valence-corrected chi connectivity index (χ2v) is 6.62. The number of anilines is 1. The maximum atomic E-state index is 10.4. The Hall–Kier alpha value is -2.76. The summed E-state index contributed by atoms with van der Waals surface area (Å²) in [7, 11) is 1.56. The lowest BCUT2D eigenvalue weighted by Crippen LogP contribution is -2.36. The topological polar surface area (TPSA) is 95.5 Å². The lowest BCUT2D eigenvalue weighted by Gasteiger charge is -2.28. The molecule has 1 heterocycles. The zero-order valence-electron chi connectivity index (χ0n) is 14.5. The summed E-state index contributed by atoms with van der Waals surface area (Å²) in [5, 5.41) is 18.3. The number of benzene rings is 1. The number of aromatic nitrogens is 1. The summed E-state index contributed by atoms with van der Waals surface area (Å²) in [4.78, 5) is 5.65. The van der Waals surface area contributed by atoms with E-state index in [4.69, 9.17) is 15.9 Å². The Bertz CT molecular complexity index is 724. The largest absolute Gasteiger partial charge is 0.508 e. The van der Waals surface area contributed by atoms with Crippen LogP contribution < -0.4 is 15.4 Å². The van der Waals surface area contributed by atoms with Crippen molar-refractivity contribution in [3.05, 3.63) is 47.8 Å². The first-order chi connectivity index (χ1) is 11.2. The molecule has 0 radical (unpaired) electrons. The van der Waals surface area contributed by atoms with Gasteiger partial charge in [0.05, 0.1) is 19.3 Å². The summed E-state index contributed by atoms with van der Waals surface area (Å²) in [6.45, 7) is 6.40. The Morgan fingerprint density at radius 2 is 2.08 bits per heavy atom. The number of nitrogens with one attached hydrogen (secondary N) is 1. The van der Waals surface area contributed by atoms with E-state index in [1.807, 2.05) is 32.9 Å². The highest BCUT2D eigenvalue weighted by molar-refractivity contribution is 5.94. The van der Waals surface area contributed by atoms with Crippen molar-refractivity contribution in [2.45, 2.75) is 32.7 Å². The van der Waals surface area contributed by atoms with E-state index in [9.17, 15) is 5.11 Å². The minimum Gasteiger partial charge on any atom is -0.508 e. The van der Waals surface area contributed by atoms with Crippen LogP contribution in [0.15, 0.2) is 36.7 Å². The van der Waals surface area contributed by atoms with Crippen LogP contribution in [0.3, 0.4) is 0 Å². The van der Waals surface area contributed by atoms with Crippen LogP contribution in [0.25, 0.3) is 0 Å². The molecule has 0 bridgehead atoms. The van der Waals surface area contributed by atoms with Crippen LogP contribution >= 0.6 is 0 Å². The third-order valence-electron chi connectivity index (χ3n) is 3.75. The van der Waals surface area contributed by atoms with Crippen molar-refractivity contribution in [1.29, 1.82) is 5.41 Å². The van der Waals surface area contributed by atoms with Gasteiger partial charge < -0.3 is 20.5 Å². The second-order valence-electron chi connectivity index (χ2n) is 6.62. The smallest absolute Gasteiger partial charge is 0.193 e. The van der Waals surface area contributed by atoms with Gasteiger partial charge in [0.1, 0.15) is 11.5 Å². The number of hydrogen-bond acceptors (Lipinski definition) is 4. The number of pyridine rings is 1. The van der Waals surface area contributed by atoms with E-state index in [2.05, 4.69) is 4.98 Å². The molecule has 128 valence electrons. The highest BCUT2D eigenvalue weighted by atomic mass is 16.5. The molecule has 1 aromatic carbocycles. The molecular weight excluding hydrogens is 304 g/mol. The average Bonchev–Trinajstić information content (AvgIpc) is 2.52. The molecule has 0 fully saturated rings. The molecule has 6 heteroatoms. The molecule has 24 heavy (non-hydrogen) atoms. The summed E-state index contributed by atoms with van der Waals surface area (Å²) in [6, 6.07) is 7.12. The van der Waals surface area contributed by atoms with Crippen LogP contribution in [-0.4, -0.2) is 23.2 Å². The monoisotopic (exact) mass is 328 g/mol. The van der Waals surface area contributed by atoms with E-state index in [0.717, 1.165) is 11.1 Å². The van der Waals surface area contributed by atoms with Crippen LogP contribution in [0.1, 0.15) is 31.9 Å². The normalized spacial score (nSPS) is 11.2. The molecule has 2 aromatic rings. The third kappa shape index (κ3) is 3.76. The molecule has 4 N–H and O–H groups in total. The predicted molar refractivity (Wildman–Crippen MR) is 95.7 cm³/mol. The standard InChI is InChI=1S/C18H24N4O2/c1-18(2,3)13-8-16(24-4)14(9-15(13)23)22(17(19)20)11-12-6-5-7-21-10-12/h5-10,23H,11H2,1-4H3,(H3,19,20). The summed E-state index contributed by atoms with van der Waals surface area (Å²) < 4.78 is 5.48. The Morgan fingerprint density at radius 1 is 1.38 bits per heavy atom. The van der Waals surface area contributed by atoms with Gasteiger partial charge in [-0.3, -0.25) is 10.4 Å². The molecule has 0 amide bonds. The number of aromatic hydroxyl groups is 1. The number of methoxy groups -OCH3 is 1. The molecule has 0 saturated carbocycles. The van der Waals surface area contributed by atoms with E-state index in [-0.39, 0.29) is 17.1 Å². The second kappa shape index (κ2) is 6.78. The SMILES string of the molecule is COc1cc(C(C)(C)C)c(O)cc1N(Cc1cccnc1)C(=N)N. The van der Waals surface area contributed by atoms with Gasteiger partial charge in [-0.2, -0.15) is 0 Å². The zero-order chi connectivity index (χ0) is 17.9. The van der Waals surface area contributed by atoms with Gasteiger partial charge in [-0.15, -0.1) is 0 Å². The van der Waals surface area contributed by atoms with Crippen molar-refractivity contribution in [1.82, 2.24) is 4.98 Å². The van der Waals surface area contributed by atoms with Crippen LogP contribution in [0.4, 0.5) is 5.69 Å². The number of guanidine groups is 1. The highest BCUT2D eigenvalue weighted by Gasteiger charge is 2.24. The van der Waals surface area contributed by atoms with Gasteiger partial charge in [-0.05, 0) is 23.1 Å². The van der Waals surface area contributed by atoms with Crippen LogP contribution in [0, 0.1) is 5.41 Å². The Kier molecular flexibility index (Phi) is 4.97. The number of nitrogens with zero attached hydrogens (tertiary/aromatic N) is 2. The molecule has 0 saturated heterocycles. The lowest BCUT2D eigenvalue weighted by molar-refractivity contribution is 0.406. The van der Waals surface area contributed by atoms with Gasteiger partial charge in [-0.1, -0.05) is 26.8 Å². The fourth-order valence-electron chi connectivity index (χ4n) is 2.51. The number of ether oxygens (including phenoxy) is 1. The fourth-order valence-corrected chi connectivity index (χ4v) is 2.51. The maximum absolute atomic E-state index is 10.4. The number of phenolic OH excluding ortho intramolecular Hbond substituents is 1. The van der Waals surface area contributed by atoms with Crippen LogP contribution in [-0.2, 0) is 12.0 Å². The van der Waals surface area contributed by atoms with E-state index in [1.165, 1.54) is 0 Å². The van der Waals surface area contributed by atoms with E-state index in [1.54, 1.807) is 36.5 Å². The third-order valence-corrected chi connectivity index (χ3v) is 3.75. The van der Waals surface area contributed by atoms with Crippen molar-refractivity contribution in [3.63, 3.8) is 0 Å². The summed E-state index contributed by atoms with van der Waals surface area (Å²) >= 11 is 0. The number of rotatable bonds is 4. The molecule has 1 aromatic heterocycles. The van der Waals surface area contributed by atoms with Gasteiger partial charge in [0.25, 0.3) is 0 Å². The molecule has 2 rings (SSSR count). The van der Waals surface area contributed by atoms with Crippen LogP contribution in [0.5, 0.6) is 11.5 Å². The molecule has 0 unspecified atom stereocenters. The molecule has 0 atom stereocenters. The number of nitrogens with two attached hydrogens (primary N) is 1. The maximum Gasteiger partial charge on any atom is 0.193 e. The molecule has 6 nitrogen and oxygen atoms in total. The molecule has 0 aliphatic heterocycles. The van der Waals surface area contributed by atoms with Crippen LogP contribution in [0.2, 0.25) is 0 Å². The minimum absolute atomic E-state index is 0.139. The van der Waals surface area contributed by atoms with Gasteiger partial charge in [0, 0.05) is 24.0 Å². The van der Waals surface area contributed by atoms with Crippen molar-refractivity contribution >= 4 is 11.6 Å². The number of phenols is 1. The van der Waals surface area contributed by atoms with E-state index < -0.39 is 0 Å². The highest BCUT2D eigenvalue weighted by Crippen LogP contribution is 2.40. The molecule has 0 aliphatic rings. The lowest BCUT2D eigenvalue weighted by atomic mass is 9.86. The number of hydrogen-bond donors (Lipinski definition) is 3. The van der Waals surface area contributed by atoms with Gasteiger partial charge in [0.15, 0.2) is 5.96 Å². The quantitative estimate of drug-likeness (QED) is 0.592. The Morgan fingerprint density at radius 3 is 2.58 bits per heavy atom. The van der Waals surface area contributed by atoms with E-state index in [0.29, 0.717) is 18.0 Å². The first-order valence-electron chi connectivity index (χ1n) is 7.66. The predicted octanol–water partition coefficient (Wildman–Crippen LogP) is 2.99. The zero-order valence-corrected chi connectivity index (χ0v) is 14.5. The summed E-state index contributed by atoms with van der Waals surface area (Å²) in [5.41, 5.74) is 7.74. The van der Waals surface area contributed by atoms with Gasteiger partial charge in [-0.25, -0.2) is 0 Å². The fraction of sp³-hybridized carbons (Fsp3) is 0.333. The first kappa shape index (κ1) is 17.6. The van der Waals surface area contributed by atoms with Crippen molar-refractivity contribution in [2.24, 2.45) is 5.73 Å². The Labute approximate surface area is 142 Å². The summed E-state index contributed by atoms with van der Waals surface area (Å²) in [5.74, 6) is 0.563. The van der Waals surface area contributed by atoms with Crippen molar-refractivity contribution < 1.29 is 9.84 Å². The van der Waals surface area contributed by atoms with E-state index >= 15 is 0 Å². The minimum atomic E-state index is -0.236. The van der Waals surface area contributed by atoms with Gasteiger partial charge in [0.2, 0.25) is 0 Å². The molecule has 0 aliphatic carbocycles.